The predicted molar refractivity (Wildman–Crippen MR) is 39.1 cm³/mol. The van der Waals surface area contributed by atoms with Crippen molar-refractivity contribution in [1.29, 1.82) is 0 Å². The van der Waals surface area contributed by atoms with Crippen molar-refractivity contribution < 1.29 is 0 Å². The van der Waals surface area contributed by atoms with Crippen LogP contribution in [-0.2, 0) is 0 Å². The highest BCUT2D eigenvalue weighted by atomic mass is 35.5. The van der Waals surface area contributed by atoms with Gasteiger partial charge in [-0.25, -0.2) is 4.98 Å². The van der Waals surface area contributed by atoms with Crippen molar-refractivity contribution in [2.24, 2.45) is 0 Å². The van der Waals surface area contributed by atoms with Gasteiger partial charge in [0.1, 0.15) is 4.34 Å². The lowest BCUT2D eigenvalue weighted by Crippen LogP contribution is -1.70. The van der Waals surface area contributed by atoms with Crippen molar-refractivity contribution >= 4 is 22.9 Å². The lowest BCUT2D eigenvalue weighted by Gasteiger charge is -1.81. The Kier molecular flexibility index (Phi) is 1.24. The second-order valence-electron chi connectivity index (χ2n) is 2.28. The van der Waals surface area contributed by atoms with Gasteiger partial charge in [0, 0.05) is 5.92 Å². The predicted octanol–water partition coefficient (Wildman–Crippen LogP) is 2.67. The Morgan fingerprint density at radius 2 is 2.44 bits per heavy atom. The van der Waals surface area contributed by atoms with Crippen molar-refractivity contribution in [3.05, 3.63) is 15.5 Å². The Labute approximate surface area is 62.7 Å². The Balaban J connectivity index is 2.28. The number of aromatic nitrogens is 1. The molecule has 1 aliphatic rings. The summed E-state index contributed by atoms with van der Waals surface area (Å²) in [5, 5.41) is 1.22. The zero-order chi connectivity index (χ0) is 6.27. The van der Waals surface area contributed by atoms with E-state index in [0.29, 0.717) is 0 Å². The molecule has 0 bridgehead atoms. The number of rotatable bonds is 1. The second kappa shape index (κ2) is 1.96. The zero-order valence-electron chi connectivity index (χ0n) is 4.80. The lowest BCUT2D eigenvalue weighted by molar-refractivity contribution is 1.08. The first-order valence-corrected chi connectivity index (χ1v) is 4.17. The van der Waals surface area contributed by atoms with Crippen LogP contribution in [0, 0.1) is 0 Å². The molecule has 9 heavy (non-hydrogen) atoms. The van der Waals surface area contributed by atoms with Crippen LogP contribution in [0.1, 0.15) is 23.8 Å². The molecular weight excluding hydrogens is 154 g/mol. The van der Waals surface area contributed by atoms with E-state index in [-0.39, 0.29) is 0 Å². The summed E-state index contributed by atoms with van der Waals surface area (Å²) in [7, 11) is 0. The van der Waals surface area contributed by atoms with Gasteiger partial charge in [-0.1, -0.05) is 11.6 Å². The second-order valence-corrected chi connectivity index (χ2v) is 3.97. The number of hydrogen-bond acceptors (Lipinski definition) is 2. The van der Waals surface area contributed by atoms with E-state index in [1.54, 1.807) is 17.5 Å². The van der Waals surface area contributed by atoms with Crippen LogP contribution in [0.5, 0.6) is 0 Å². The summed E-state index contributed by atoms with van der Waals surface area (Å²) >= 11 is 7.30. The van der Waals surface area contributed by atoms with Gasteiger partial charge in [-0.2, -0.15) is 0 Å². The summed E-state index contributed by atoms with van der Waals surface area (Å²) in [5.74, 6) is 0.752. The molecule has 0 spiro atoms. The average molecular weight is 160 g/mol. The van der Waals surface area contributed by atoms with Gasteiger partial charge in [-0.05, 0) is 12.8 Å². The fourth-order valence-electron chi connectivity index (χ4n) is 0.786. The summed E-state index contributed by atoms with van der Waals surface area (Å²) < 4.78 is 0.817. The van der Waals surface area contributed by atoms with Gasteiger partial charge in [-0.15, -0.1) is 11.3 Å². The van der Waals surface area contributed by atoms with Crippen molar-refractivity contribution in [2.75, 3.05) is 0 Å². The Hall–Kier alpha value is -0.0800. The van der Waals surface area contributed by atoms with E-state index >= 15 is 0 Å². The van der Waals surface area contributed by atoms with Crippen molar-refractivity contribution in [2.45, 2.75) is 18.8 Å². The highest BCUT2D eigenvalue weighted by molar-refractivity contribution is 7.15. The van der Waals surface area contributed by atoms with Crippen LogP contribution in [0.2, 0.25) is 4.34 Å². The van der Waals surface area contributed by atoms with E-state index < -0.39 is 0 Å². The molecule has 1 aromatic heterocycles. The van der Waals surface area contributed by atoms with E-state index in [1.165, 1.54) is 17.8 Å². The quantitative estimate of drug-likeness (QED) is 0.614. The maximum absolute atomic E-state index is 5.69. The average Bonchev–Trinajstić information content (AvgIpc) is 2.58. The van der Waals surface area contributed by atoms with Gasteiger partial charge in [0.25, 0.3) is 0 Å². The highest BCUT2D eigenvalue weighted by Crippen LogP contribution is 2.42. The third-order valence-corrected chi connectivity index (χ3v) is 2.70. The molecule has 0 aliphatic heterocycles. The number of hydrogen-bond donors (Lipinski definition) is 0. The molecule has 1 heterocycles. The van der Waals surface area contributed by atoms with Gasteiger partial charge in [0.2, 0.25) is 0 Å². The summed E-state index contributed by atoms with van der Waals surface area (Å²) in [6, 6.07) is 0. The molecule has 0 amide bonds. The third-order valence-electron chi connectivity index (χ3n) is 1.42. The summed E-state index contributed by atoms with van der Waals surface area (Å²) in [6.07, 6.45) is 4.35. The van der Waals surface area contributed by atoms with Crippen molar-refractivity contribution in [3.8, 4) is 0 Å². The minimum absolute atomic E-state index is 0.752. The van der Waals surface area contributed by atoms with E-state index in [0.717, 1.165) is 10.3 Å². The van der Waals surface area contributed by atoms with Crippen LogP contribution in [0.3, 0.4) is 0 Å². The standard InChI is InChI=1S/C6H6ClNS/c7-5-3-8-6(9-5)4-1-2-4/h3-4H,1-2H2. The summed E-state index contributed by atoms with van der Waals surface area (Å²) in [5.41, 5.74) is 0. The molecule has 1 saturated carbocycles. The molecule has 3 heteroatoms. The SMILES string of the molecule is Clc1cnc(C2CC2)s1. The molecule has 1 fully saturated rings. The molecule has 0 N–H and O–H groups in total. The molecule has 1 nitrogen and oxygen atoms in total. The fourth-order valence-corrected chi connectivity index (χ4v) is 1.88. The first kappa shape index (κ1) is 5.69. The van der Waals surface area contributed by atoms with Crippen LogP contribution >= 0.6 is 22.9 Å². The van der Waals surface area contributed by atoms with Crippen LogP contribution in [0.4, 0.5) is 0 Å². The molecule has 1 aliphatic carbocycles. The molecule has 0 radical (unpaired) electrons. The van der Waals surface area contributed by atoms with Crippen molar-refractivity contribution in [1.82, 2.24) is 4.98 Å². The molecule has 0 saturated heterocycles. The zero-order valence-corrected chi connectivity index (χ0v) is 6.37. The third kappa shape index (κ3) is 1.10. The Morgan fingerprint density at radius 3 is 2.89 bits per heavy atom. The van der Waals surface area contributed by atoms with Gasteiger partial charge >= 0.3 is 0 Å². The van der Waals surface area contributed by atoms with E-state index in [1.807, 2.05) is 0 Å². The van der Waals surface area contributed by atoms with Gasteiger partial charge in [0.05, 0.1) is 11.2 Å². The van der Waals surface area contributed by atoms with E-state index in [9.17, 15) is 0 Å². The van der Waals surface area contributed by atoms with Gasteiger partial charge in [0.15, 0.2) is 0 Å². The first-order valence-electron chi connectivity index (χ1n) is 2.97. The fraction of sp³-hybridized carbons (Fsp3) is 0.500. The minimum Gasteiger partial charge on any atom is -0.248 e. The van der Waals surface area contributed by atoms with Gasteiger partial charge < -0.3 is 0 Å². The summed E-state index contributed by atoms with van der Waals surface area (Å²) in [4.78, 5) is 4.16. The number of halogens is 1. The topological polar surface area (TPSA) is 12.9 Å². The largest absolute Gasteiger partial charge is 0.248 e. The van der Waals surface area contributed by atoms with E-state index in [4.69, 9.17) is 11.6 Å². The normalized spacial score (nSPS) is 18.3. The lowest BCUT2D eigenvalue weighted by atomic mass is 10.5. The minimum atomic E-state index is 0.752. The van der Waals surface area contributed by atoms with Crippen molar-refractivity contribution in [3.63, 3.8) is 0 Å². The van der Waals surface area contributed by atoms with E-state index in [2.05, 4.69) is 4.98 Å². The maximum atomic E-state index is 5.69. The number of thiazole rings is 1. The molecular formula is C6H6ClNS. The number of nitrogens with zero attached hydrogens (tertiary/aromatic N) is 1. The monoisotopic (exact) mass is 159 g/mol. The van der Waals surface area contributed by atoms with Crippen LogP contribution in [0.15, 0.2) is 6.20 Å². The highest BCUT2D eigenvalue weighted by Gasteiger charge is 2.26. The smallest absolute Gasteiger partial charge is 0.113 e. The molecule has 0 unspecified atom stereocenters. The van der Waals surface area contributed by atoms with Gasteiger partial charge in [-0.3, -0.25) is 0 Å². The molecule has 0 aromatic carbocycles. The van der Waals surface area contributed by atoms with Crippen LogP contribution in [-0.4, -0.2) is 4.98 Å². The maximum Gasteiger partial charge on any atom is 0.113 e. The Morgan fingerprint density at radius 1 is 1.67 bits per heavy atom. The van der Waals surface area contributed by atoms with Crippen LogP contribution in [0.25, 0.3) is 0 Å². The molecule has 2 rings (SSSR count). The summed E-state index contributed by atoms with van der Waals surface area (Å²) in [6.45, 7) is 0. The molecule has 1 aromatic rings. The van der Waals surface area contributed by atoms with Crippen LogP contribution < -0.4 is 0 Å². The molecule has 0 atom stereocenters. The Bertz CT molecular complexity index is 217. The first-order chi connectivity index (χ1) is 4.36. The molecule has 48 valence electrons.